The van der Waals surface area contributed by atoms with Crippen molar-refractivity contribution in [2.24, 2.45) is 0 Å². The van der Waals surface area contributed by atoms with Crippen LogP contribution in [0.1, 0.15) is 41.4 Å². The lowest BCUT2D eigenvalue weighted by molar-refractivity contribution is 0.0940. The Labute approximate surface area is 126 Å². The molecule has 1 N–H and O–H groups in total. The summed E-state index contributed by atoms with van der Waals surface area (Å²) < 4.78 is 5.41. The van der Waals surface area contributed by atoms with E-state index in [1.54, 1.807) is 0 Å². The molecule has 0 bridgehead atoms. The largest absolute Gasteiger partial charge is 0.494 e. The van der Waals surface area contributed by atoms with E-state index in [1.165, 1.54) is 0 Å². The van der Waals surface area contributed by atoms with Crippen molar-refractivity contribution < 1.29 is 9.53 Å². The predicted molar refractivity (Wildman–Crippen MR) is 84.7 cm³/mol. The Morgan fingerprint density at radius 1 is 1.10 bits per heavy atom. The Balaban J connectivity index is 2.01. The second kappa shape index (κ2) is 6.93. The van der Waals surface area contributed by atoms with Crippen molar-refractivity contribution >= 4 is 5.91 Å². The van der Waals surface area contributed by atoms with Crippen LogP contribution < -0.4 is 10.1 Å². The standard InChI is InChI=1S/C18H21NO2/c1-4-21-17-11-9-15(10-12-17)14(3)19-18(20)16-7-5-13(2)6-8-16/h5-12,14H,4H2,1-3H3,(H,19,20)/t14-/m1/s1. The zero-order chi connectivity index (χ0) is 15.2. The highest BCUT2D eigenvalue weighted by molar-refractivity contribution is 5.94. The molecule has 0 aliphatic heterocycles. The Morgan fingerprint density at radius 3 is 2.29 bits per heavy atom. The second-order valence-corrected chi connectivity index (χ2v) is 5.06. The van der Waals surface area contributed by atoms with Gasteiger partial charge in [-0.1, -0.05) is 29.8 Å². The molecule has 0 aliphatic carbocycles. The molecule has 3 heteroatoms. The summed E-state index contributed by atoms with van der Waals surface area (Å²) in [4.78, 5) is 12.2. The number of aryl methyl sites for hydroxylation is 1. The van der Waals surface area contributed by atoms with Crippen molar-refractivity contribution in [2.45, 2.75) is 26.8 Å². The molecule has 0 spiro atoms. The van der Waals surface area contributed by atoms with Crippen molar-refractivity contribution in [2.75, 3.05) is 6.61 Å². The first kappa shape index (κ1) is 15.1. The average molecular weight is 283 g/mol. The fourth-order valence-electron chi connectivity index (χ4n) is 2.09. The smallest absolute Gasteiger partial charge is 0.251 e. The maximum Gasteiger partial charge on any atom is 0.251 e. The van der Waals surface area contributed by atoms with Gasteiger partial charge in [0.2, 0.25) is 0 Å². The van der Waals surface area contributed by atoms with Crippen LogP contribution in [-0.4, -0.2) is 12.5 Å². The summed E-state index contributed by atoms with van der Waals surface area (Å²) in [7, 11) is 0. The Bertz CT molecular complexity index is 588. The lowest BCUT2D eigenvalue weighted by Gasteiger charge is -2.15. The highest BCUT2D eigenvalue weighted by Gasteiger charge is 2.11. The van der Waals surface area contributed by atoms with Gasteiger partial charge in [0, 0.05) is 5.56 Å². The molecule has 1 atom stereocenters. The van der Waals surface area contributed by atoms with Crippen LogP contribution in [0.5, 0.6) is 5.75 Å². The molecular weight excluding hydrogens is 262 g/mol. The van der Waals surface area contributed by atoms with Crippen LogP contribution in [0.2, 0.25) is 0 Å². The van der Waals surface area contributed by atoms with Crippen LogP contribution in [0.25, 0.3) is 0 Å². The summed E-state index contributed by atoms with van der Waals surface area (Å²) in [6.07, 6.45) is 0. The third-order valence-electron chi connectivity index (χ3n) is 3.35. The lowest BCUT2D eigenvalue weighted by atomic mass is 10.1. The minimum absolute atomic E-state index is 0.0468. The Kier molecular flexibility index (Phi) is 4.99. The normalized spacial score (nSPS) is 11.8. The van der Waals surface area contributed by atoms with Gasteiger partial charge >= 0.3 is 0 Å². The fourth-order valence-corrected chi connectivity index (χ4v) is 2.09. The minimum atomic E-state index is -0.0589. The first-order chi connectivity index (χ1) is 10.1. The summed E-state index contributed by atoms with van der Waals surface area (Å²) in [5.74, 6) is 0.787. The zero-order valence-corrected chi connectivity index (χ0v) is 12.7. The summed E-state index contributed by atoms with van der Waals surface area (Å²) >= 11 is 0. The van der Waals surface area contributed by atoms with Gasteiger partial charge in [0.15, 0.2) is 0 Å². The van der Waals surface area contributed by atoms with Gasteiger partial charge in [-0.2, -0.15) is 0 Å². The molecule has 110 valence electrons. The van der Waals surface area contributed by atoms with Crippen LogP contribution in [0.4, 0.5) is 0 Å². The Hall–Kier alpha value is -2.29. The van der Waals surface area contributed by atoms with Crippen molar-refractivity contribution in [1.82, 2.24) is 5.32 Å². The molecule has 0 aliphatic rings. The molecule has 0 fully saturated rings. The van der Waals surface area contributed by atoms with E-state index in [9.17, 15) is 4.79 Å². The molecule has 0 saturated carbocycles. The fraction of sp³-hybridized carbons (Fsp3) is 0.278. The number of carbonyl (C=O) groups is 1. The number of benzene rings is 2. The number of rotatable bonds is 5. The Morgan fingerprint density at radius 2 is 1.71 bits per heavy atom. The lowest BCUT2D eigenvalue weighted by Crippen LogP contribution is -2.26. The van der Waals surface area contributed by atoms with Gasteiger partial charge in [-0.3, -0.25) is 4.79 Å². The van der Waals surface area contributed by atoms with Gasteiger partial charge in [0.05, 0.1) is 12.6 Å². The number of carbonyl (C=O) groups excluding carboxylic acids is 1. The molecule has 0 saturated heterocycles. The quantitative estimate of drug-likeness (QED) is 0.904. The van der Waals surface area contributed by atoms with E-state index >= 15 is 0 Å². The number of hydrogen-bond donors (Lipinski definition) is 1. The van der Waals surface area contributed by atoms with Gasteiger partial charge in [0.1, 0.15) is 5.75 Å². The predicted octanol–water partition coefficient (Wildman–Crippen LogP) is 3.88. The number of amides is 1. The molecule has 0 unspecified atom stereocenters. The van der Waals surface area contributed by atoms with Gasteiger partial charge in [-0.25, -0.2) is 0 Å². The van der Waals surface area contributed by atoms with E-state index in [2.05, 4.69) is 5.32 Å². The van der Waals surface area contributed by atoms with E-state index in [0.717, 1.165) is 16.9 Å². The monoisotopic (exact) mass is 283 g/mol. The molecule has 0 aromatic heterocycles. The number of ether oxygens (including phenoxy) is 1. The van der Waals surface area contributed by atoms with Crippen LogP contribution in [0.15, 0.2) is 48.5 Å². The molecule has 2 aromatic carbocycles. The summed E-state index contributed by atoms with van der Waals surface area (Å²) in [5.41, 5.74) is 2.88. The van der Waals surface area contributed by atoms with Crippen LogP contribution in [0.3, 0.4) is 0 Å². The summed E-state index contributed by atoms with van der Waals surface area (Å²) in [5, 5.41) is 3.00. The van der Waals surface area contributed by atoms with Crippen molar-refractivity contribution in [3.63, 3.8) is 0 Å². The van der Waals surface area contributed by atoms with E-state index in [-0.39, 0.29) is 11.9 Å². The van der Waals surface area contributed by atoms with E-state index in [0.29, 0.717) is 12.2 Å². The van der Waals surface area contributed by atoms with E-state index in [4.69, 9.17) is 4.74 Å². The van der Waals surface area contributed by atoms with Crippen molar-refractivity contribution in [3.8, 4) is 5.75 Å². The first-order valence-electron chi connectivity index (χ1n) is 7.20. The second-order valence-electron chi connectivity index (χ2n) is 5.06. The van der Waals surface area contributed by atoms with Gasteiger partial charge in [-0.05, 0) is 50.6 Å². The van der Waals surface area contributed by atoms with Crippen LogP contribution in [-0.2, 0) is 0 Å². The van der Waals surface area contributed by atoms with Crippen LogP contribution in [0, 0.1) is 6.92 Å². The van der Waals surface area contributed by atoms with Crippen LogP contribution >= 0.6 is 0 Å². The minimum Gasteiger partial charge on any atom is -0.494 e. The molecule has 0 radical (unpaired) electrons. The number of hydrogen-bond acceptors (Lipinski definition) is 2. The zero-order valence-electron chi connectivity index (χ0n) is 12.7. The summed E-state index contributed by atoms with van der Waals surface area (Å²) in [6.45, 7) is 6.59. The molecular formula is C18H21NO2. The molecule has 1 amide bonds. The first-order valence-corrected chi connectivity index (χ1v) is 7.20. The molecule has 3 nitrogen and oxygen atoms in total. The number of nitrogens with one attached hydrogen (secondary N) is 1. The van der Waals surface area contributed by atoms with E-state index < -0.39 is 0 Å². The van der Waals surface area contributed by atoms with E-state index in [1.807, 2.05) is 69.3 Å². The third-order valence-corrected chi connectivity index (χ3v) is 3.35. The van der Waals surface area contributed by atoms with Gasteiger partial charge < -0.3 is 10.1 Å². The maximum atomic E-state index is 12.2. The summed E-state index contributed by atoms with van der Waals surface area (Å²) in [6, 6.07) is 15.3. The highest BCUT2D eigenvalue weighted by Crippen LogP contribution is 2.18. The van der Waals surface area contributed by atoms with Gasteiger partial charge in [-0.15, -0.1) is 0 Å². The topological polar surface area (TPSA) is 38.3 Å². The molecule has 2 rings (SSSR count). The molecule has 0 heterocycles. The molecule has 2 aromatic rings. The van der Waals surface area contributed by atoms with Crippen molar-refractivity contribution in [3.05, 3.63) is 65.2 Å². The SMILES string of the molecule is CCOc1ccc([C@@H](C)NC(=O)c2ccc(C)cc2)cc1. The van der Waals surface area contributed by atoms with Crippen molar-refractivity contribution in [1.29, 1.82) is 0 Å². The highest BCUT2D eigenvalue weighted by atomic mass is 16.5. The third kappa shape index (κ3) is 4.09. The average Bonchev–Trinajstić information content (AvgIpc) is 2.49. The van der Waals surface area contributed by atoms with Gasteiger partial charge in [0.25, 0.3) is 5.91 Å². The maximum absolute atomic E-state index is 12.2. The molecule has 21 heavy (non-hydrogen) atoms.